The Balaban J connectivity index is 2.35. The highest BCUT2D eigenvalue weighted by molar-refractivity contribution is 4.86. The molecule has 0 spiro atoms. The fourth-order valence-corrected chi connectivity index (χ4v) is 1.33. The van der Waals surface area contributed by atoms with E-state index < -0.39 is 0 Å². The van der Waals surface area contributed by atoms with Crippen molar-refractivity contribution in [2.45, 2.75) is 44.9 Å². The van der Waals surface area contributed by atoms with Gasteiger partial charge in [-0.15, -0.1) is 0 Å². The maximum atomic E-state index is 9.24. The second-order valence-corrected chi connectivity index (χ2v) is 2.86. The summed E-state index contributed by atoms with van der Waals surface area (Å²) in [7, 11) is 0. The zero-order chi connectivity index (χ0) is 6.85. The zero-order valence-electron chi connectivity index (χ0n) is 6.09. The van der Waals surface area contributed by atoms with E-state index in [9.17, 15) is 5.11 Å². The molecule has 1 aliphatic rings. The highest BCUT2D eigenvalue weighted by Gasteiger charge is 2.26. The van der Waals surface area contributed by atoms with Crippen LogP contribution >= 0.6 is 0 Å². The average Bonchev–Trinajstić information content (AvgIpc) is 2.13. The van der Waals surface area contributed by atoms with Crippen LogP contribution in [0.3, 0.4) is 0 Å². The van der Waals surface area contributed by atoms with Crippen LogP contribution in [0.25, 0.3) is 0 Å². The fraction of sp³-hybridized carbons (Fsp3) is 1.00. The summed E-state index contributed by atoms with van der Waals surface area (Å²) in [5, 5.41) is 12.5. The predicted octanol–water partition coefficient (Wildman–Crippen LogP) is 0.508. The van der Waals surface area contributed by atoms with Gasteiger partial charge in [-0.3, -0.25) is 0 Å². The normalized spacial score (nSPS) is 43.7. The molecule has 0 aromatic carbocycles. The van der Waals surface area contributed by atoms with Crippen LogP contribution in [-0.2, 0) is 0 Å². The standard InChI is InChI=1S/C7H15NO/c1-3-6-4-7(9)5(2)8-6/h5-9H,3-4H2,1-2H3/t5-,6+,7-/m0/s1. The second-order valence-electron chi connectivity index (χ2n) is 2.86. The molecule has 9 heavy (non-hydrogen) atoms. The summed E-state index contributed by atoms with van der Waals surface area (Å²) >= 11 is 0. The van der Waals surface area contributed by atoms with Crippen molar-refractivity contribution in [1.82, 2.24) is 5.32 Å². The lowest BCUT2D eigenvalue weighted by atomic mass is 10.1. The third-order valence-corrected chi connectivity index (χ3v) is 2.09. The van der Waals surface area contributed by atoms with Crippen molar-refractivity contribution in [2.75, 3.05) is 0 Å². The molecule has 0 unspecified atom stereocenters. The topological polar surface area (TPSA) is 32.3 Å². The van der Waals surface area contributed by atoms with E-state index in [0.29, 0.717) is 12.1 Å². The third-order valence-electron chi connectivity index (χ3n) is 2.09. The van der Waals surface area contributed by atoms with Crippen molar-refractivity contribution >= 4 is 0 Å². The number of rotatable bonds is 1. The number of hydrogen-bond donors (Lipinski definition) is 2. The van der Waals surface area contributed by atoms with Crippen LogP contribution in [0, 0.1) is 0 Å². The van der Waals surface area contributed by atoms with Gasteiger partial charge < -0.3 is 10.4 Å². The van der Waals surface area contributed by atoms with E-state index in [4.69, 9.17) is 0 Å². The molecule has 1 fully saturated rings. The summed E-state index contributed by atoms with van der Waals surface area (Å²) in [5.74, 6) is 0. The van der Waals surface area contributed by atoms with Gasteiger partial charge in [-0.05, 0) is 19.8 Å². The Kier molecular flexibility index (Phi) is 2.09. The highest BCUT2D eigenvalue weighted by atomic mass is 16.3. The second kappa shape index (κ2) is 2.67. The van der Waals surface area contributed by atoms with Crippen LogP contribution in [0.15, 0.2) is 0 Å². The van der Waals surface area contributed by atoms with Crippen LogP contribution in [0.1, 0.15) is 26.7 Å². The molecule has 2 N–H and O–H groups in total. The molecule has 0 radical (unpaired) electrons. The van der Waals surface area contributed by atoms with E-state index in [1.807, 2.05) is 6.92 Å². The Hall–Kier alpha value is -0.0800. The van der Waals surface area contributed by atoms with Crippen LogP contribution in [0.2, 0.25) is 0 Å². The van der Waals surface area contributed by atoms with Gasteiger partial charge in [-0.2, -0.15) is 0 Å². The minimum absolute atomic E-state index is 0.116. The first kappa shape index (κ1) is 7.03. The van der Waals surface area contributed by atoms with E-state index >= 15 is 0 Å². The quantitative estimate of drug-likeness (QED) is 0.540. The predicted molar refractivity (Wildman–Crippen MR) is 37.3 cm³/mol. The van der Waals surface area contributed by atoms with Crippen LogP contribution in [-0.4, -0.2) is 23.3 Å². The minimum Gasteiger partial charge on any atom is -0.391 e. The van der Waals surface area contributed by atoms with Crippen molar-refractivity contribution in [1.29, 1.82) is 0 Å². The number of aliphatic hydroxyl groups is 1. The molecule has 0 amide bonds. The number of nitrogens with one attached hydrogen (secondary N) is 1. The molecule has 0 aromatic heterocycles. The van der Waals surface area contributed by atoms with E-state index in [2.05, 4.69) is 12.2 Å². The molecule has 0 saturated carbocycles. The first-order valence-corrected chi connectivity index (χ1v) is 3.68. The van der Waals surface area contributed by atoms with Gasteiger partial charge in [0.05, 0.1) is 6.10 Å². The molecule has 1 aliphatic heterocycles. The van der Waals surface area contributed by atoms with E-state index in [1.165, 1.54) is 0 Å². The molecule has 2 heteroatoms. The van der Waals surface area contributed by atoms with Crippen LogP contribution < -0.4 is 5.32 Å². The molecule has 0 bridgehead atoms. The molecule has 1 heterocycles. The smallest absolute Gasteiger partial charge is 0.0705 e. The molecular formula is C7H15NO. The molecule has 2 nitrogen and oxygen atoms in total. The third kappa shape index (κ3) is 1.43. The Bertz CT molecular complexity index is 84.9. The molecule has 3 atom stereocenters. The molecule has 1 rings (SSSR count). The van der Waals surface area contributed by atoms with Gasteiger partial charge in [0, 0.05) is 12.1 Å². The van der Waals surface area contributed by atoms with Gasteiger partial charge >= 0.3 is 0 Å². The minimum atomic E-state index is -0.116. The molecule has 54 valence electrons. The van der Waals surface area contributed by atoms with E-state index in [-0.39, 0.29) is 6.10 Å². The SMILES string of the molecule is CC[C@@H]1C[C@H](O)[C@H](C)N1. The Morgan fingerprint density at radius 1 is 1.67 bits per heavy atom. The monoisotopic (exact) mass is 129 g/mol. The fourth-order valence-electron chi connectivity index (χ4n) is 1.33. The van der Waals surface area contributed by atoms with Gasteiger partial charge in [-0.25, -0.2) is 0 Å². The largest absolute Gasteiger partial charge is 0.391 e. The summed E-state index contributed by atoms with van der Waals surface area (Å²) in [6.45, 7) is 4.17. The van der Waals surface area contributed by atoms with Gasteiger partial charge in [0.1, 0.15) is 0 Å². The van der Waals surface area contributed by atoms with Gasteiger partial charge in [0.15, 0.2) is 0 Å². The van der Waals surface area contributed by atoms with Crippen LogP contribution in [0.4, 0.5) is 0 Å². The highest BCUT2D eigenvalue weighted by Crippen LogP contribution is 2.14. The molecule has 0 aromatic rings. The Morgan fingerprint density at radius 2 is 2.33 bits per heavy atom. The lowest BCUT2D eigenvalue weighted by Crippen LogP contribution is -2.29. The van der Waals surface area contributed by atoms with E-state index in [0.717, 1.165) is 12.8 Å². The lowest BCUT2D eigenvalue weighted by molar-refractivity contribution is 0.164. The van der Waals surface area contributed by atoms with Crippen molar-refractivity contribution in [3.63, 3.8) is 0 Å². The van der Waals surface area contributed by atoms with Crippen LogP contribution in [0.5, 0.6) is 0 Å². The molecular weight excluding hydrogens is 114 g/mol. The zero-order valence-corrected chi connectivity index (χ0v) is 6.09. The van der Waals surface area contributed by atoms with Gasteiger partial charge in [0.2, 0.25) is 0 Å². The summed E-state index contributed by atoms with van der Waals surface area (Å²) < 4.78 is 0. The van der Waals surface area contributed by atoms with Gasteiger partial charge in [0.25, 0.3) is 0 Å². The summed E-state index contributed by atoms with van der Waals surface area (Å²) in [6, 6.07) is 0.852. The molecule has 1 saturated heterocycles. The van der Waals surface area contributed by atoms with E-state index in [1.54, 1.807) is 0 Å². The van der Waals surface area contributed by atoms with Gasteiger partial charge in [-0.1, -0.05) is 6.92 Å². The van der Waals surface area contributed by atoms with Crippen molar-refractivity contribution < 1.29 is 5.11 Å². The van der Waals surface area contributed by atoms with Crippen molar-refractivity contribution in [3.8, 4) is 0 Å². The maximum Gasteiger partial charge on any atom is 0.0705 e. The Morgan fingerprint density at radius 3 is 2.56 bits per heavy atom. The number of hydrogen-bond acceptors (Lipinski definition) is 2. The van der Waals surface area contributed by atoms with Crippen molar-refractivity contribution in [3.05, 3.63) is 0 Å². The maximum absolute atomic E-state index is 9.24. The Labute approximate surface area is 56.3 Å². The number of aliphatic hydroxyl groups excluding tert-OH is 1. The first-order chi connectivity index (χ1) is 4.24. The summed E-state index contributed by atoms with van der Waals surface area (Å²) in [5.41, 5.74) is 0. The average molecular weight is 129 g/mol. The lowest BCUT2D eigenvalue weighted by Gasteiger charge is -2.07. The summed E-state index contributed by atoms with van der Waals surface area (Å²) in [6.07, 6.45) is 1.94. The van der Waals surface area contributed by atoms with Crippen molar-refractivity contribution in [2.24, 2.45) is 0 Å². The molecule has 0 aliphatic carbocycles. The first-order valence-electron chi connectivity index (χ1n) is 3.68. The summed E-state index contributed by atoms with van der Waals surface area (Å²) in [4.78, 5) is 0.